The monoisotopic (exact) mass is 311 g/mol. The Morgan fingerprint density at radius 2 is 2.43 bits per heavy atom. The summed E-state index contributed by atoms with van der Waals surface area (Å²) in [5.74, 6) is 1.57. The molecule has 1 aromatic heterocycles. The molecule has 0 aliphatic carbocycles. The molecule has 21 heavy (non-hydrogen) atoms. The first-order valence-electron chi connectivity index (χ1n) is 7.38. The first kappa shape index (κ1) is 16.3. The van der Waals surface area contributed by atoms with Gasteiger partial charge in [-0.25, -0.2) is 0 Å². The van der Waals surface area contributed by atoms with Crippen molar-refractivity contribution in [1.82, 2.24) is 10.2 Å². The summed E-state index contributed by atoms with van der Waals surface area (Å²) in [6.45, 7) is 5.05. The Bertz CT molecular complexity index is 423. The maximum Gasteiger partial charge on any atom is 0.193 e. The van der Waals surface area contributed by atoms with E-state index in [1.54, 1.807) is 18.4 Å². The predicted molar refractivity (Wildman–Crippen MR) is 86.9 cm³/mol. The van der Waals surface area contributed by atoms with E-state index < -0.39 is 0 Å². The Labute approximate surface area is 131 Å². The third kappa shape index (κ3) is 5.30. The minimum absolute atomic E-state index is 0.585. The predicted octanol–water partition coefficient (Wildman–Crippen LogP) is 1.81. The van der Waals surface area contributed by atoms with Crippen LogP contribution in [0.3, 0.4) is 0 Å². The summed E-state index contributed by atoms with van der Waals surface area (Å²) in [6, 6.07) is 4.22. The molecule has 2 heterocycles. The van der Waals surface area contributed by atoms with E-state index in [0.717, 1.165) is 38.6 Å². The van der Waals surface area contributed by atoms with E-state index in [2.05, 4.69) is 32.7 Å². The van der Waals surface area contributed by atoms with Crippen molar-refractivity contribution < 1.29 is 9.47 Å². The molecule has 1 aromatic rings. The molecule has 0 saturated carbocycles. The highest BCUT2D eigenvalue weighted by molar-refractivity contribution is 7.09. The third-order valence-electron chi connectivity index (χ3n) is 3.58. The molecule has 0 bridgehead atoms. The van der Waals surface area contributed by atoms with E-state index in [1.807, 2.05) is 7.05 Å². The van der Waals surface area contributed by atoms with Crippen molar-refractivity contribution in [3.05, 3.63) is 22.4 Å². The summed E-state index contributed by atoms with van der Waals surface area (Å²) in [6.07, 6.45) is 1.16. The van der Waals surface area contributed by atoms with Gasteiger partial charge in [0, 0.05) is 38.0 Å². The lowest BCUT2D eigenvalue weighted by Crippen LogP contribution is -2.39. The molecular weight excluding hydrogens is 286 g/mol. The molecule has 1 unspecified atom stereocenters. The minimum Gasteiger partial charge on any atom is -0.382 e. The Morgan fingerprint density at radius 1 is 1.52 bits per heavy atom. The van der Waals surface area contributed by atoms with E-state index in [1.165, 1.54) is 4.88 Å². The first-order valence-corrected chi connectivity index (χ1v) is 8.26. The summed E-state index contributed by atoms with van der Waals surface area (Å²) in [5, 5.41) is 5.54. The fourth-order valence-corrected chi connectivity index (χ4v) is 3.11. The third-order valence-corrected chi connectivity index (χ3v) is 4.46. The molecule has 0 spiro atoms. The van der Waals surface area contributed by atoms with E-state index in [0.29, 0.717) is 19.1 Å². The lowest BCUT2D eigenvalue weighted by atomic mass is 10.1. The largest absolute Gasteiger partial charge is 0.382 e. The highest BCUT2D eigenvalue weighted by Gasteiger charge is 2.24. The van der Waals surface area contributed by atoms with Crippen molar-refractivity contribution >= 4 is 17.3 Å². The van der Waals surface area contributed by atoms with Crippen LogP contribution in [0.1, 0.15) is 11.3 Å². The van der Waals surface area contributed by atoms with E-state index >= 15 is 0 Å². The number of rotatable bonds is 7. The zero-order chi connectivity index (χ0) is 14.9. The Morgan fingerprint density at radius 3 is 3.14 bits per heavy atom. The van der Waals surface area contributed by atoms with Gasteiger partial charge in [0.1, 0.15) is 0 Å². The second-order valence-electron chi connectivity index (χ2n) is 5.15. The van der Waals surface area contributed by atoms with Gasteiger partial charge in [0.25, 0.3) is 0 Å². The van der Waals surface area contributed by atoms with Crippen LogP contribution in [0.5, 0.6) is 0 Å². The van der Waals surface area contributed by atoms with Crippen LogP contribution in [0.15, 0.2) is 22.5 Å². The van der Waals surface area contributed by atoms with E-state index in [4.69, 9.17) is 9.47 Å². The summed E-state index contributed by atoms with van der Waals surface area (Å²) >= 11 is 1.77. The molecule has 6 heteroatoms. The average Bonchev–Trinajstić information content (AvgIpc) is 3.16. The Balaban J connectivity index is 1.71. The van der Waals surface area contributed by atoms with Crippen LogP contribution < -0.4 is 5.32 Å². The average molecular weight is 311 g/mol. The number of ether oxygens (including phenoxy) is 2. The molecule has 1 aliphatic rings. The lowest BCUT2D eigenvalue weighted by molar-refractivity contribution is 0.0536. The standard InChI is InChI=1S/C15H25N3O2S/c1-16-15(17-10-14-4-3-9-21-14)18-6-5-13(11-18)12-20-8-7-19-2/h3-4,9,13H,5-8,10-12H2,1-2H3,(H,16,17). The zero-order valence-electron chi connectivity index (χ0n) is 12.9. The van der Waals surface area contributed by atoms with Crippen molar-refractivity contribution in [2.45, 2.75) is 13.0 Å². The van der Waals surface area contributed by atoms with Crippen molar-refractivity contribution in [3.63, 3.8) is 0 Å². The smallest absolute Gasteiger partial charge is 0.193 e. The van der Waals surface area contributed by atoms with Gasteiger partial charge in [0.15, 0.2) is 5.96 Å². The van der Waals surface area contributed by atoms with Crippen molar-refractivity contribution in [1.29, 1.82) is 0 Å². The molecule has 0 aromatic carbocycles. The van der Waals surface area contributed by atoms with Crippen LogP contribution in [-0.4, -0.2) is 57.9 Å². The van der Waals surface area contributed by atoms with E-state index in [-0.39, 0.29) is 0 Å². The van der Waals surface area contributed by atoms with Gasteiger partial charge in [-0.2, -0.15) is 0 Å². The van der Waals surface area contributed by atoms with Crippen LogP contribution in [0.2, 0.25) is 0 Å². The van der Waals surface area contributed by atoms with Gasteiger partial charge in [0.05, 0.1) is 26.4 Å². The molecule has 1 aliphatic heterocycles. The molecule has 0 radical (unpaired) electrons. The Kier molecular flexibility index (Phi) is 6.99. The van der Waals surface area contributed by atoms with Crippen LogP contribution in [0.4, 0.5) is 0 Å². The molecule has 118 valence electrons. The number of hydrogen-bond donors (Lipinski definition) is 1. The number of likely N-dealkylation sites (tertiary alicyclic amines) is 1. The second kappa shape index (κ2) is 9.02. The molecule has 1 saturated heterocycles. The van der Waals surface area contributed by atoms with Gasteiger partial charge in [0.2, 0.25) is 0 Å². The molecule has 2 rings (SSSR count). The van der Waals surface area contributed by atoms with Gasteiger partial charge in [-0.05, 0) is 17.9 Å². The number of thiophene rings is 1. The molecule has 1 fully saturated rings. The second-order valence-corrected chi connectivity index (χ2v) is 6.18. The summed E-state index contributed by atoms with van der Waals surface area (Å²) in [7, 11) is 3.54. The van der Waals surface area contributed by atoms with Crippen molar-refractivity contribution in [2.24, 2.45) is 10.9 Å². The highest BCUT2D eigenvalue weighted by atomic mass is 32.1. The fraction of sp³-hybridized carbons (Fsp3) is 0.667. The SMILES string of the molecule is CN=C(NCc1cccs1)N1CCC(COCCOC)C1. The van der Waals surface area contributed by atoms with E-state index in [9.17, 15) is 0 Å². The number of guanidine groups is 1. The minimum atomic E-state index is 0.585. The summed E-state index contributed by atoms with van der Waals surface area (Å²) in [5.41, 5.74) is 0. The summed E-state index contributed by atoms with van der Waals surface area (Å²) in [4.78, 5) is 8.03. The topological polar surface area (TPSA) is 46.1 Å². The number of hydrogen-bond acceptors (Lipinski definition) is 4. The summed E-state index contributed by atoms with van der Waals surface area (Å²) < 4.78 is 10.6. The van der Waals surface area contributed by atoms with Gasteiger partial charge in [-0.3, -0.25) is 4.99 Å². The highest BCUT2D eigenvalue weighted by Crippen LogP contribution is 2.17. The maximum absolute atomic E-state index is 5.63. The number of aliphatic imine (C=N–C) groups is 1. The van der Waals surface area contributed by atoms with Crippen molar-refractivity contribution in [3.8, 4) is 0 Å². The van der Waals surface area contributed by atoms with Crippen LogP contribution in [0.25, 0.3) is 0 Å². The zero-order valence-corrected chi connectivity index (χ0v) is 13.7. The van der Waals surface area contributed by atoms with Gasteiger partial charge in [-0.1, -0.05) is 6.07 Å². The van der Waals surface area contributed by atoms with Crippen LogP contribution in [-0.2, 0) is 16.0 Å². The number of methoxy groups -OCH3 is 1. The number of nitrogens with one attached hydrogen (secondary N) is 1. The van der Waals surface area contributed by atoms with Crippen LogP contribution in [0, 0.1) is 5.92 Å². The number of nitrogens with zero attached hydrogens (tertiary/aromatic N) is 2. The Hall–Kier alpha value is -1.11. The molecule has 0 amide bonds. The molecule has 5 nitrogen and oxygen atoms in total. The first-order chi connectivity index (χ1) is 10.3. The lowest BCUT2D eigenvalue weighted by Gasteiger charge is -2.21. The van der Waals surface area contributed by atoms with Gasteiger partial charge >= 0.3 is 0 Å². The maximum atomic E-state index is 5.63. The quantitative estimate of drug-likeness (QED) is 0.474. The van der Waals surface area contributed by atoms with Crippen molar-refractivity contribution in [2.75, 3.05) is 47.1 Å². The van der Waals surface area contributed by atoms with Gasteiger partial charge < -0.3 is 19.7 Å². The van der Waals surface area contributed by atoms with Gasteiger partial charge in [-0.15, -0.1) is 11.3 Å². The fourth-order valence-electron chi connectivity index (χ4n) is 2.46. The molecule has 1 N–H and O–H groups in total. The molecule has 1 atom stereocenters. The molecular formula is C15H25N3O2S. The van der Waals surface area contributed by atoms with Crippen LogP contribution >= 0.6 is 11.3 Å². The normalized spacial score (nSPS) is 19.2.